The first-order chi connectivity index (χ1) is 12.2. The van der Waals surface area contributed by atoms with Gasteiger partial charge in [-0.05, 0) is 36.4 Å². The van der Waals surface area contributed by atoms with Crippen molar-refractivity contribution < 1.29 is 14.3 Å². The van der Waals surface area contributed by atoms with Gasteiger partial charge in [0.15, 0.2) is 0 Å². The van der Waals surface area contributed by atoms with Crippen LogP contribution in [-0.4, -0.2) is 19.6 Å². The van der Waals surface area contributed by atoms with E-state index in [2.05, 4.69) is 11.9 Å². The second-order valence-electron chi connectivity index (χ2n) is 4.99. The number of carbonyl (C=O) groups is 1. The third kappa shape index (κ3) is 4.98. The van der Waals surface area contributed by atoms with Crippen LogP contribution in [0.1, 0.15) is 5.56 Å². The second-order valence-corrected chi connectivity index (χ2v) is 4.99. The standard InChI is InChI=1S/C20H18N2O3/c1-3-12-25-19-7-5-4-6-15(19)13-16(14-21)20(23)22-17-8-10-18(24-2)11-9-17/h3-11,13H,1,12H2,2H3,(H,22,23)/b16-13-. The SMILES string of the molecule is C=CCOc1ccccc1/C=C(/C#N)C(=O)Nc1ccc(OC)cc1. The molecule has 2 aromatic rings. The van der Waals surface area contributed by atoms with Crippen molar-refractivity contribution in [2.75, 3.05) is 19.0 Å². The van der Waals surface area contributed by atoms with Crippen molar-refractivity contribution in [2.45, 2.75) is 0 Å². The number of hydrogen-bond acceptors (Lipinski definition) is 4. The Labute approximate surface area is 146 Å². The Bertz CT molecular complexity index is 818. The summed E-state index contributed by atoms with van der Waals surface area (Å²) in [6, 6.07) is 16.0. The maximum Gasteiger partial charge on any atom is 0.266 e. The fraction of sp³-hybridized carbons (Fsp3) is 0.100. The molecule has 1 amide bonds. The van der Waals surface area contributed by atoms with Crippen LogP contribution in [0.5, 0.6) is 11.5 Å². The van der Waals surface area contributed by atoms with Gasteiger partial charge in [0, 0.05) is 11.3 Å². The van der Waals surface area contributed by atoms with E-state index in [1.54, 1.807) is 49.6 Å². The molecule has 5 heteroatoms. The Morgan fingerprint density at radius 2 is 1.96 bits per heavy atom. The molecule has 126 valence electrons. The number of carbonyl (C=O) groups excluding carboxylic acids is 1. The van der Waals surface area contributed by atoms with Gasteiger partial charge in [0.05, 0.1) is 7.11 Å². The first-order valence-corrected chi connectivity index (χ1v) is 7.58. The summed E-state index contributed by atoms with van der Waals surface area (Å²) in [6.45, 7) is 3.94. The lowest BCUT2D eigenvalue weighted by Gasteiger charge is -2.08. The third-order valence-corrected chi connectivity index (χ3v) is 3.29. The smallest absolute Gasteiger partial charge is 0.266 e. The van der Waals surface area contributed by atoms with Crippen molar-refractivity contribution in [1.29, 1.82) is 5.26 Å². The molecule has 2 rings (SSSR count). The maximum atomic E-state index is 12.3. The summed E-state index contributed by atoms with van der Waals surface area (Å²) in [5, 5.41) is 12.0. The van der Waals surface area contributed by atoms with Crippen molar-refractivity contribution in [3.63, 3.8) is 0 Å². The van der Waals surface area contributed by atoms with Gasteiger partial charge in [-0.15, -0.1) is 0 Å². The highest BCUT2D eigenvalue weighted by Gasteiger charge is 2.11. The molecule has 0 spiro atoms. The molecule has 0 atom stereocenters. The molecule has 0 fully saturated rings. The largest absolute Gasteiger partial charge is 0.497 e. The van der Waals surface area contributed by atoms with Crippen LogP contribution in [0.3, 0.4) is 0 Å². The summed E-state index contributed by atoms with van der Waals surface area (Å²) in [7, 11) is 1.57. The number of amides is 1. The molecule has 0 unspecified atom stereocenters. The fourth-order valence-corrected chi connectivity index (χ4v) is 2.06. The van der Waals surface area contributed by atoms with Crippen molar-refractivity contribution >= 4 is 17.7 Å². The molecule has 0 aliphatic rings. The van der Waals surface area contributed by atoms with Crippen molar-refractivity contribution in [1.82, 2.24) is 0 Å². The second kappa shape index (κ2) is 8.94. The average Bonchev–Trinajstić information content (AvgIpc) is 2.65. The lowest BCUT2D eigenvalue weighted by molar-refractivity contribution is -0.112. The minimum atomic E-state index is -0.494. The Morgan fingerprint density at radius 1 is 1.24 bits per heavy atom. The summed E-state index contributed by atoms with van der Waals surface area (Å²) in [5.41, 5.74) is 1.19. The minimum Gasteiger partial charge on any atom is -0.497 e. The van der Waals surface area contributed by atoms with Gasteiger partial charge in [-0.2, -0.15) is 5.26 Å². The molecule has 0 heterocycles. The predicted octanol–water partition coefficient (Wildman–Crippen LogP) is 3.81. The number of para-hydroxylation sites is 1. The number of benzene rings is 2. The van der Waals surface area contributed by atoms with E-state index in [0.717, 1.165) is 0 Å². The molecule has 0 saturated heterocycles. The number of nitriles is 1. The van der Waals surface area contributed by atoms with Gasteiger partial charge in [0.2, 0.25) is 0 Å². The number of hydrogen-bond donors (Lipinski definition) is 1. The molecule has 0 aliphatic carbocycles. The normalized spacial score (nSPS) is 10.5. The van der Waals surface area contributed by atoms with Crippen molar-refractivity contribution in [2.24, 2.45) is 0 Å². The van der Waals surface area contributed by atoms with Crippen LogP contribution in [0.25, 0.3) is 6.08 Å². The van der Waals surface area contributed by atoms with E-state index < -0.39 is 5.91 Å². The highest BCUT2D eigenvalue weighted by atomic mass is 16.5. The van der Waals surface area contributed by atoms with Crippen LogP contribution in [0, 0.1) is 11.3 Å². The van der Waals surface area contributed by atoms with Crippen LogP contribution in [0.4, 0.5) is 5.69 Å². The average molecular weight is 334 g/mol. The van der Waals surface area contributed by atoms with Gasteiger partial charge in [-0.3, -0.25) is 4.79 Å². The Balaban J connectivity index is 2.20. The molecular formula is C20H18N2O3. The Hall–Kier alpha value is -3.52. The van der Waals surface area contributed by atoms with E-state index >= 15 is 0 Å². The molecule has 1 N–H and O–H groups in total. The Kier molecular flexibility index (Phi) is 6.38. The molecule has 2 aromatic carbocycles. The minimum absolute atomic E-state index is 0.0227. The van der Waals surface area contributed by atoms with Crippen LogP contribution < -0.4 is 14.8 Å². The third-order valence-electron chi connectivity index (χ3n) is 3.29. The van der Waals surface area contributed by atoms with E-state index in [4.69, 9.17) is 9.47 Å². The molecular weight excluding hydrogens is 316 g/mol. The van der Waals surface area contributed by atoms with Crippen molar-refractivity contribution in [3.8, 4) is 17.6 Å². The molecule has 0 radical (unpaired) electrons. The number of rotatable bonds is 7. The highest BCUT2D eigenvalue weighted by Crippen LogP contribution is 2.22. The monoisotopic (exact) mass is 334 g/mol. The first kappa shape index (κ1) is 17.8. The molecule has 25 heavy (non-hydrogen) atoms. The highest BCUT2D eigenvalue weighted by molar-refractivity contribution is 6.09. The van der Waals surface area contributed by atoms with Crippen LogP contribution in [-0.2, 0) is 4.79 Å². The number of anilines is 1. The van der Waals surface area contributed by atoms with Gasteiger partial charge in [0.1, 0.15) is 29.7 Å². The lowest BCUT2D eigenvalue weighted by atomic mass is 10.1. The molecule has 0 bridgehead atoms. The van der Waals surface area contributed by atoms with Gasteiger partial charge >= 0.3 is 0 Å². The summed E-state index contributed by atoms with van der Waals surface area (Å²) >= 11 is 0. The lowest BCUT2D eigenvalue weighted by Crippen LogP contribution is -2.13. The van der Waals surface area contributed by atoms with Gasteiger partial charge < -0.3 is 14.8 Å². The molecule has 0 aromatic heterocycles. The molecule has 5 nitrogen and oxygen atoms in total. The zero-order chi connectivity index (χ0) is 18.1. The number of methoxy groups -OCH3 is 1. The quantitative estimate of drug-likeness (QED) is 0.475. The van der Waals surface area contributed by atoms with Crippen molar-refractivity contribution in [3.05, 3.63) is 72.3 Å². The topological polar surface area (TPSA) is 71.3 Å². The zero-order valence-corrected chi connectivity index (χ0v) is 13.9. The van der Waals surface area contributed by atoms with Crippen LogP contribution in [0.2, 0.25) is 0 Å². The van der Waals surface area contributed by atoms with E-state index in [0.29, 0.717) is 29.4 Å². The van der Waals surface area contributed by atoms with Gasteiger partial charge in [-0.25, -0.2) is 0 Å². The number of nitrogens with zero attached hydrogens (tertiary/aromatic N) is 1. The van der Waals surface area contributed by atoms with E-state index in [1.807, 2.05) is 18.2 Å². The van der Waals surface area contributed by atoms with Crippen LogP contribution >= 0.6 is 0 Å². The predicted molar refractivity (Wildman–Crippen MR) is 97.3 cm³/mol. The number of nitrogens with one attached hydrogen (secondary N) is 1. The number of ether oxygens (including phenoxy) is 2. The summed E-state index contributed by atoms with van der Waals surface area (Å²) in [4.78, 5) is 12.3. The summed E-state index contributed by atoms with van der Waals surface area (Å²) in [6.07, 6.45) is 3.12. The zero-order valence-electron chi connectivity index (χ0n) is 13.9. The van der Waals surface area contributed by atoms with Gasteiger partial charge in [0.25, 0.3) is 5.91 Å². The summed E-state index contributed by atoms with van der Waals surface area (Å²) in [5.74, 6) is 0.765. The van der Waals surface area contributed by atoms with E-state index in [9.17, 15) is 10.1 Å². The summed E-state index contributed by atoms with van der Waals surface area (Å²) < 4.78 is 10.6. The fourth-order valence-electron chi connectivity index (χ4n) is 2.06. The maximum absolute atomic E-state index is 12.3. The first-order valence-electron chi connectivity index (χ1n) is 7.58. The molecule has 0 saturated carbocycles. The Morgan fingerprint density at radius 3 is 2.60 bits per heavy atom. The van der Waals surface area contributed by atoms with E-state index in [1.165, 1.54) is 6.08 Å². The van der Waals surface area contributed by atoms with Gasteiger partial charge in [-0.1, -0.05) is 30.9 Å². The van der Waals surface area contributed by atoms with E-state index in [-0.39, 0.29) is 5.57 Å². The molecule has 0 aliphatic heterocycles. The van der Waals surface area contributed by atoms with Crippen LogP contribution in [0.15, 0.2) is 66.8 Å².